The van der Waals surface area contributed by atoms with Gasteiger partial charge in [0.2, 0.25) is 5.91 Å². The fourth-order valence-electron chi connectivity index (χ4n) is 9.08. The zero-order valence-corrected chi connectivity index (χ0v) is 28.9. The molecule has 0 spiro atoms. The zero-order chi connectivity index (χ0) is 34.9. The summed E-state index contributed by atoms with van der Waals surface area (Å²) in [7, 11) is -4.12. The summed E-state index contributed by atoms with van der Waals surface area (Å²) < 4.78 is 32.1. The first-order valence-corrected chi connectivity index (χ1v) is 18.7. The van der Waals surface area contributed by atoms with Gasteiger partial charge in [-0.3, -0.25) is 13.9 Å². The molecule has 2 aromatic rings. The number of quaternary nitrogens is 2. The van der Waals surface area contributed by atoms with Crippen LogP contribution < -0.4 is 15.4 Å². The van der Waals surface area contributed by atoms with E-state index in [4.69, 9.17) is 5.73 Å². The van der Waals surface area contributed by atoms with Crippen LogP contribution in [-0.2, 0) is 30.8 Å². The number of piperazine rings is 3. The number of hydrogen-bond donors (Lipinski definition) is 4. The van der Waals surface area contributed by atoms with Crippen LogP contribution in [-0.4, -0.2) is 134 Å². The third kappa shape index (κ3) is 5.35. The molecular formula is C35H46N6O7S+2. The summed E-state index contributed by atoms with van der Waals surface area (Å²) in [5.41, 5.74) is 8.59. The van der Waals surface area contributed by atoms with Crippen LogP contribution in [0.15, 0.2) is 58.6 Å². The van der Waals surface area contributed by atoms with Gasteiger partial charge in [0.25, 0.3) is 15.9 Å². The van der Waals surface area contributed by atoms with E-state index < -0.39 is 45.9 Å². The van der Waals surface area contributed by atoms with Gasteiger partial charge in [-0.2, -0.15) is 0 Å². The van der Waals surface area contributed by atoms with Crippen molar-refractivity contribution in [1.29, 1.82) is 0 Å². The number of nitrogens with two attached hydrogens (primary N) is 1. The molecule has 6 aliphatic heterocycles. The number of carboxylic acid groups (broad SMARTS) is 1. The Labute approximate surface area is 286 Å². The second-order valence-electron chi connectivity index (χ2n) is 14.5. The van der Waals surface area contributed by atoms with Gasteiger partial charge in [-0.25, -0.2) is 13.2 Å². The molecule has 0 aromatic heterocycles. The Bertz CT molecular complexity index is 1840. The summed E-state index contributed by atoms with van der Waals surface area (Å²) in [6.45, 7) is 11.1. The number of benzene rings is 2. The number of carboxylic acids is 1. The van der Waals surface area contributed by atoms with E-state index in [0.717, 1.165) is 65.9 Å². The molecule has 4 saturated heterocycles. The maximum Gasteiger partial charge on any atom is 0.352 e. The van der Waals surface area contributed by atoms with Gasteiger partial charge in [0.05, 0.1) is 41.7 Å². The largest absolute Gasteiger partial charge is 0.477 e. The monoisotopic (exact) mass is 694 g/mol. The Balaban J connectivity index is 1.15. The summed E-state index contributed by atoms with van der Waals surface area (Å²) in [6.07, 6.45) is -0.264. The summed E-state index contributed by atoms with van der Waals surface area (Å²) in [6, 6.07) is 12.2. The average molecular weight is 695 g/mol. The van der Waals surface area contributed by atoms with Gasteiger partial charge in [-0.15, -0.1) is 0 Å². The fraction of sp³-hybridized carbons (Fsp3) is 0.514. The molecule has 2 aromatic carbocycles. The van der Waals surface area contributed by atoms with Crippen LogP contribution in [0.25, 0.3) is 11.1 Å². The van der Waals surface area contributed by atoms with Gasteiger partial charge in [0.15, 0.2) is 6.54 Å². The lowest BCUT2D eigenvalue weighted by molar-refractivity contribution is -1.08. The van der Waals surface area contributed by atoms with E-state index in [-0.39, 0.29) is 23.0 Å². The van der Waals surface area contributed by atoms with Crippen LogP contribution in [0.4, 0.5) is 5.69 Å². The molecule has 0 radical (unpaired) electrons. The SMILES string of the molecule is C[C@@H](O)[C@H]1C(=O)N2C(C(=O)O)=C(CN3c4ccccc4-c4c(CC[N+]56CC[N+](CC(=O)NCCN)(CC5)CC6)cccc4S3(=O)=O)[C@H](C)[C@H]12. The number of aliphatic hydroxyl groups excluding tert-OH is 1. The Morgan fingerprint density at radius 1 is 1.04 bits per heavy atom. The van der Waals surface area contributed by atoms with E-state index in [1.165, 1.54) is 16.1 Å². The Kier molecular flexibility index (Phi) is 8.38. The number of para-hydroxylation sites is 1. The maximum atomic E-state index is 14.5. The number of carbonyl (C=O) groups excluding carboxylic acids is 2. The smallest absolute Gasteiger partial charge is 0.352 e. The summed E-state index contributed by atoms with van der Waals surface area (Å²) in [5.74, 6) is -2.89. The van der Waals surface area contributed by atoms with E-state index >= 15 is 0 Å². The Hall–Kier alpha value is -3.82. The van der Waals surface area contributed by atoms with E-state index in [0.29, 0.717) is 42.9 Å². The number of aliphatic hydroxyl groups is 1. The normalized spacial score (nSPS) is 30.0. The van der Waals surface area contributed by atoms with E-state index in [1.54, 1.807) is 31.2 Å². The molecule has 49 heavy (non-hydrogen) atoms. The summed E-state index contributed by atoms with van der Waals surface area (Å²) in [4.78, 5) is 39.4. The van der Waals surface area contributed by atoms with Crippen LogP contribution in [0.2, 0.25) is 0 Å². The predicted molar refractivity (Wildman–Crippen MR) is 181 cm³/mol. The Morgan fingerprint density at radius 2 is 1.71 bits per heavy atom. The van der Waals surface area contributed by atoms with E-state index in [2.05, 4.69) is 5.32 Å². The highest BCUT2D eigenvalue weighted by atomic mass is 32.2. The van der Waals surface area contributed by atoms with Crippen molar-refractivity contribution in [3.05, 3.63) is 59.3 Å². The molecule has 0 aliphatic carbocycles. The molecule has 2 amide bonds. The first-order valence-electron chi connectivity index (χ1n) is 17.2. The molecule has 0 saturated carbocycles. The first-order chi connectivity index (χ1) is 23.3. The molecule has 13 nitrogen and oxygen atoms in total. The summed E-state index contributed by atoms with van der Waals surface area (Å²) >= 11 is 0. The number of hydrogen-bond acceptors (Lipinski definition) is 7. The van der Waals surface area contributed by atoms with Crippen LogP contribution in [0.5, 0.6) is 0 Å². The first kappa shape index (κ1) is 33.7. The lowest BCUT2D eigenvalue weighted by Crippen LogP contribution is -2.76. The third-order valence-corrected chi connectivity index (χ3v) is 13.7. The van der Waals surface area contributed by atoms with Crippen LogP contribution >= 0.6 is 0 Å². The molecule has 0 unspecified atom stereocenters. The van der Waals surface area contributed by atoms with Crippen molar-refractivity contribution in [3.63, 3.8) is 0 Å². The Morgan fingerprint density at radius 3 is 2.37 bits per heavy atom. The van der Waals surface area contributed by atoms with Crippen molar-refractivity contribution in [1.82, 2.24) is 10.2 Å². The number of sulfonamides is 1. The standard InChI is InChI=1S/C35H44N6O7S/c1-22-26(33(35(45)46)39-32(22)30(23(2)42)34(39)44)20-38-27-8-4-3-7-25(27)31-24(6-5-9-28(31)49(38,47)48)10-13-40-14-17-41(18-15-40,19-16-40)21-29(43)37-12-11-36/h3-9,22-23,30,32,42H,10-21,36H2,1-2H3/p+2/t22-,23+,30+,32+,40?,41?/m0/s1. The number of amides is 2. The van der Waals surface area contributed by atoms with Gasteiger partial charge in [-0.1, -0.05) is 37.3 Å². The van der Waals surface area contributed by atoms with E-state index in [9.17, 15) is 33.0 Å². The predicted octanol–water partition coefficient (Wildman–Crippen LogP) is 0.337. The highest BCUT2D eigenvalue weighted by Gasteiger charge is 2.60. The number of aliphatic carboxylic acids is 1. The number of β-lactam (4-membered cyclic amide) rings is 1. The fourth-order valence-corrected chi connectivity index (χ4v) is 10.8. The maximum absolute atomic E-state index is 14.5. The third-order valence-electron chi connectivity index (χ3n) is 11.9. The topological polar surface area (TPSA) is 170 Å². The van der Waals surface area contributed by atoms with Crippen molar-refractivity contribution in [3.8, 4) is 11.1 Å². The number of carbonyl (C=O) groups is 3. The number of nitrogens with zero attached hydrogens (tertiary/aromatic N) is 4. The minimum atomic E-state index is -4.12. The molecule has 5 N–H and O–H groups in total. The molecule has 14 heteroatoms. The van der Waals surface area contributed by atoms with Crippen molar-refractivity contribution < 1.29 is 42.0 Å². The van der Waals surface area contributed by atoms with Crippen molar-refractivity contribution in [2.24, 2.45) is 17.6 Å². The van der Waals surface area contributed by atoms with Gasteiger partial charge in [0, 0.05) is 36.6 Å². The molecule has 4 atom stereocenters. The van der Waals surface area contributed by atoms with Gasteiger partial charge in [-0.05, 0) is 30.2 Å². The minimum Gasteiger partial charge on any atom is -0.477 e. The van der Waals surface area contributed by atoms with Crippen LogP contribution in [0.1, 0.15) is 19.4 Å². The van der Waals surface area contributed by atoms with Crippen molar-refractivity contribution in [2.75, 3.05) is 76.3 Å². The lowest BCUT2D eigenvalue weighted by atomic mass is 9.77. The quantitative estimate of drug-likeness (QED) is 0.193. The van der Waals surface area contributed by atoms with Crippen LogP contribution in [0.3, 0.4) is 0 Å². The summed E-state index contributed by atoms with van der Waals surface area (Å²) in [5, 5.41) is 23.4. The molecule has 262 valence electrons. The second-order valence-corrected chi connectivity index (χ2v) is 16.4. The highest BCUT2D eigenvalue weighted by molar-refractivity contribution is 7.93. The molecule has 8 rings (SSSR count). The molecular weight excluding hydrogens is 648 g/mol. The minimum absolute atomic E-state index is 0.0531. The molecule has 6 heterocycles. The average Bonchev–Trinajstić information content (AvgIpc) is 3.32. The van der Waals surface area contributed by atoms with Gasteiger partial charge in [0.1, 0.15) is 45.0 Å². The number of anilines is 1. The molecule has 4 fully saturated rings. The zero-order valence-electron chi connectivity index (χ0n) is 28.0. The number of nitrogens with one attached hydrogen (secondary N) is 1. The van der Waals surface area contributed by atoms with Crippen molar-refractivity contribution in [2.45, 2.75) is 37.3 Å². The molecule has 6 aliphatic rings. The van der Waals surface area contributed by atoms with Gasteiger partial charge >= 0.3 is 5.97 Å². The van der Waals surface area contributed by atoms with Crippen molar-refractivity contribution >= 4 is 33.5 Å². The molecule has 2 bridgehead atoms. The number of rotatable bonds is 11. The highest BCUT2D eigenvalue weighted by Crippen LogP contribution is 2.50. The van der Waals surface area contributed by atoms with Gasteiger partial charge < -0.3 is 35.1 Å². The van der Waals surface area contributed by atoms with Crippen LogP contribution in [0, 0.1) is 11.8 Å². The van der Waals surface area contributed by atoms with E-state index in [1.807, 2.05) is 18.2 Å². The number of fused-ring (bicyclic) bond motifs is 7. The lowest BCUT2D eigenvalue weighted by Gasteiger charge is -2.55. The second kappa shape index (κ2) is 12.2.